The lowest BCUT2D eigenvalue weighted by atomic mass is 10.4. The van der Waals surface area contributed by atoms with Crippen molar-refractivity contribution in [2.75, 3.05) is 26.2 Å². The number of carbonyl (C=O) groups is 4. The second-order valence-electron chi connectivity index (χ2n) is 3.28. The van der Waals surface area contributed by atoms with Crippen LogP contribution in [0.3, 0.4) is 0 Å². The van der Waals surface area contributed by atoms with Crippen LogP contribution in [0.25, 0.3) is 0 Å². The third-order valence-electron chi connectivity index (χ3n) is 1.78. The Kier molecular flexibility index (Phi) is 7.86. The maximum atomic E-state index is 11.1. The van der Waals surface area contributed by atoms with Gasteiger partial charge < -0.3 is 31.6 Å². The fourth-order valence-electron chi connectivity index (χ4n) is 0.904. The molecule has 9 heteroatoms. The summed E-state index contributed by atoms with van der Waals surface area (Å²) in [7, 11) is 0. The minimum Gasteiger partial charge on any atom is -0.548 e. The number of carboxylic acids is 1. The van der Waals surface area contributed by atoms with E-state index in [4.69, 9.17) is 0 Å². The van der Waals surface area contributed by atoms with E-state index in [1.54, 1.807) is 0 Å². The minimum absolute atomic E-state index is 0.0406. The Morgan fingerprint density at radius 2 is 1.50 bits per heavy atom. The molecule has 0 aliphatic carbocycles. The molecular weight excluding hydrogens is 244 g/mol. The normalized spacial score (nSPS) is 9.39. The van der Waals surface area contributed by atoms with E-state index < -0.39 is 24.3 Å². The zero-order chi connectivity index (χ0) is 14.0. The number of aliphatic carboxylic acids is 1. The fourth-order valence-corrected chi connectivity index (χ4v) is 0.904. The maximum Gasteiger partial charge on any atom is 0.275 e. The van der Waals surface area contributed by atoms with Gasteiger partial charge in [0.2, 0.25) is 11.8 Å². The summed E-state index contributed by atoms with van der Waals surface area (Å²) in [4.78, 5) is 42.9. The van der Waals surface area contributed by atoms with Crippen molar-refractivity contribution < 1.29 is 30.0 Å². The number of rotatable bonds is 8. The van der Waals surface area contributed by atoms with E-state index in [-0.39, 0.29) is 32.0 Å². The van der Waals surface area contributed by atoms with Crippen molar-refractivity contribution in [1.82, 2.24) is 16.0 Å². The van der Waals surface area contributed by atoms with Gasteiger partial charge in [-0.25, -0.2) is 0 Å². The molecule has 0 aliphatic heterocycles. The van der Waals surface area contributed by atoms with E-state index in [1.807, 2.05) is 0 Å². The second kappa shape index (κ2) is 8.93. The second-order valence-corrected chi connectivity index (χ2v) is 3.28. The van der Waals surface area contributed by atoms with Gasteiger partial charge in [0.15, 0.2) is 6.54 Å². The molecule has 0 saturated heterocycles. The molecule has 0 spiro atoms. The number of nitrogens with one attached hydrogen (secondary N) is 3. The van der Waals surface area contributed by atoms with Crippen LogP contribution in [-0.2, 0) is 19.2 Å². The Bertz CT molecular complexity index is 331. The Morgan fingerprint density at radius 1 is 0.889 bits per heavy atom. The standard InChI is InChI=1S/C9H16N4O5/c10-3-7(15)12-4-8(16)11-2-1-6(14)13-5-9(17)18/h1-5,10H2,(H,11,16)(H,12,15)(H,13,14)(H,17,18). The molecule has 0 aromatic heterocycles. The van der Waals surface area contributed by atoms with Gasteiger partial charge in [0, 0.05) is 13.0 Å². The molecule has 0 radical (unpaired) electrons. The van der Waals surface area contributed by atoms with Gasteiger partial charge in [0.1, 0.15) is 0 Å². The van der Waals surface area contributed by atoms with Crippen LogP contribution in [0.4, 0.5) is 0 Å². The van der Waals surface area contributed by atoms with E-state index in [1.165, 1.54) is 0 Å². The van der Waals surface area contributed by atoms with E-state index in [0.717, 1.165) is 0 Å². The summed E-state index contributed by atoms with van der Waals surface area (Å²) in [6.45, 7) is -0.655. The topological polar surface area (TPSA) is 155 Å². The van der Waals surface area contributed by atoms with Crippen LogP contribution in [-0.4, -0.2) is 49.9 Å². The Morgan fingerprint density at radius 3 is 2.06 bits per heavy atom. The van der Waals surface area contributed by atoms with Crippen LogP contribution in [0.1, 0.15) is 6.42 Å². The van der Waals surface area contributed by atoms with Gasteiger partial charge in [-0.1, -0.05) is 0 Å². The number of carbonyl (C=O) groups excluding carboxylic acids is 4. The van der Waals surface area contributed by atoms with Crippen LogP contribution in [0.5, 0.6) is 0 Å². The van der Waals surface area contributed by atoms with Gasteiger partial charge in [0.25, 0.3) is 5.91 Å². The number of hydrogen-bond acceptors (Lipinski definition) is 5. The Balaban J connectivity index is 3.58. The van der Waals surface area contributed by atoms with Crippen LogP contribution in [0, 0.1) is 0 Å². The molecule has 0 aliphatic rings. The van der Waals surface area contributed by atoms with Crippen molar-refractivity contribution in [3.8, 4) is 0 Å². The molecule has 0 bridgehead atoms. The molecule has 0 aromatic carbocycles. The molecule has 3 amide bonds. The average molecular weight is 260 g/mol. The lowest BCUT2D eigenvalue weighted by Gasteiger charge is -2.07. The van der Waals surface area contributed by atoms with Gasteiger partial charge in [-0.15, -0.1) is 0 Å². The molecular formula is C9H16N4O5. The summed E-state index contributed by atoms with van der Waals surface area (Å²) in [5.41, 5.74) is 3.33. The monoisotopic (exact) mass is 260 g/mol. The summed E-state index contributed by atoms with van der Waals surface area (Å²) in [6.07, 6.45) is -0.0533. The van der Waals surface area contributed by atoms with E-state index in [9.17, 15) is 24.3 Å². The molecule has 0 aromatic rings. The highest BCUT2D eigenvalue weighted by molar-refractivity contribution is 5.85. The highest BCUT2D eigenvalue weighted by Gasteiger charge is 2.05. The van der Waals surface area contributed by atoms with E-state index in [2.05, 4.69) is 21.7 Å². The van der Waals surface area contributed by atoms with Crippen LogP contribution >= 0.6 is 0 Å². The molecule has 0 saturated carbocycles. The van der Waals surface area contributed by atoms with Gasteiger partial charge in [-0.05, 0) is 0 Å². The molecule has 9 nitrogen and oxygen atoms in total. The average Bonchev–Trinajstić information content (AvgIpc) is 2.33. The first-order chi connectivity index (χ1) is 8.45. The highest BCUT2D eigenvalue weighted by Crippen LogP contribution is 1.77. The first-order valence-electron chi connectivity index (χ1n) is 5.25. The highest BCUT2D eigenvalue weighted by atomic mass is 16.4. The molecule has 102 valence electrons. The Hall–Kier alpha value is -2.16. The predicted molar refractivity (Wildman–Crippen MR) is 56.4 cm³/mol. The van der Waals surface area contributed by atoms with Crippen molar-refractivity contribution in [3.05, 3.63) is 0 Å². The summed E-state index contributed by atoms with van der Waals surface area (Å²) in [5, 5.41) is 16.8. The maximum absolute atomic E-state index is 11.1. The van der Waals surface area contributed by atoms with E-state index >= 15 is 0 Å². The lowest BCUT2D eigenvalue weighted by Crippen LogP contribution is -2.58. The van der Waals surface area contributed by atoms with Crippen LogP contribution in [0.2, 0.25) is 0 Å². The summed E-state index contributed by atoms with van der Waals surface area (Å²) >= 11 is 0. The van der Waals surface area contributed by atoms with Crippen molar-refractivity contribution in [2.24, 2.45) is 0 Å². The third-order valence-corrected chi connectivity index (χ3v) is 1.78. The fraction of sp³-hybridized carbons (Fsp3) is 0.556. The zero-order valence-corrected chi connectivity index (χ0v) is 9.78. The summed E-state index contributed by atoms with van der Waals surface area (Å²) < 4.78 is 0. The smallest absolute Gasteiger partial charge is 0.275 e. The molecule has 0 rings (SSSR count). The number of hydrogen-bond donors (Lipinski definition) is 4. The number of amides is 3. The van der Waals surface area contributed by atoms with Gasteiger partial charge in [0.05, 0.1) is 19.1 Å². The molecule has 0 heterocycles. The molecule has 0 fully saturated rings. The SMILES string of the molecule is [NH3+]CC(=O)NCC(=O)NCCC(=O)NCC(=O)[O-]. The predicted octanol–water partition coefficient (Wildman–Crippen LogP) is -5.28. The summed E-state index contributed by atoms with van der Waals surface area (Å²) in [6, 6.07) is 0. The van der Waals surface area contributed by atoms with Crippen molar-refractivity contribution >= 4 is 23.7 Å². The summed E-state index contributed by atoms with van der Waals surface area (Å²) in [5.74, 6) is -2.69. The number of quaternary nitrogens is 1. The number of carboxylic acid groups (broad SMARTS) is 1. The van der Waals surface area contributed by atoms with Crippen molar-refractivity contribution in [1.29, 1.82) is 0 Å². The molecule has 0 atom stereocenters. The van der Waals surface area contributed by atoms with Gasteiger partial charge >= 0.3 is 0 Å². The zero-order valence-electron chi connectivity index (χ0n) is 9.78. The molecule has 6 N–H and O–H groups in total. The van der Waals surface area contributed by atoms with Crippen molar-refractivity contribution in [2.45, 2.75) is 6.42 Å². The quantitative estimate of drug-likeness (QED) is 0.343. The molecule has 0 unspecified atom stereocenters. The molecule has 18 heavy (non-hydrogen) atoms. The van der Waals surface area contributed by atoms with Crippen LogP contribution < -0.4 is 26.8 Å². The van der Waals surface area contributed by atoms with Gasteiger partial charge in [-0.2, -0.15) is 0 Å². The largest absolute Gasteiger partial charge is 0.548 e. The first-order valence-corrected chi connectivity index (χ1v) is 5.25. The minimum atomic E-state index is -1.39. The third kappa shape index (κ3) is 9.09. The van der Waals surface area contributed by atoms with Gasteiger partial charge in [-0.3, -0.25) is 14.4 Å². The lowest BCUT2D eigenvalue weighted by molar-refractivity contribution is -0.355. The van der Waals surface area contributed by atoms with Crippen molar-refractivity contribution in [3.63, 3.8) is 0 Å². The van der Waals surface area contributed by atoms with Crippen LogP contribution in [0.15, 0.2) is 0 Å². The first kappa shape index (κ1) is 15.8. The van der Waals surface area contributed by atoms with E-state index in [0.29, 0.717) is 0 Å². The Labute approximate surface area is 103 Å².